The fraction of sp³-hybridized carbons (Fsp3) is 0.150. The first kappa shape index (κ1) is 17.7. The second-order valence-electron chi connectivity index (χ2n) is 6.16. The van der Waals surface area contributed by atoms with E-state index in [1.54, 1.807) is 18.5 Å². The van der Waals surface area contributed by atoms with Crippen LogP contribution in [-0.2, 0) is 0 Å². The van der Waals surface area contributed by atoms with Crippen LogP contribution in [0.4, 0.5) is 25.0 Å². The summed E-state index contributed by atoms with van der Waals surface area (Å²) in [5.41, 5.74) is 0.899. The van der Waals surface area contributed by atoms with Crippen LogP contribution >= 0.6 is 0 Å². The van der Waals surface area contributed by atoms with Gasteiger partial charge in [-0.2, -0.15) is 14.0 Å². The summed E-state index contributed by atoms with van der Waals surface area (Å²) in [6.07, 6.45) is 3.23. The molecular weight excluding hydrogens is 366 g/mol. The number of halogens is 2. The molecule has 8 heteroatoms. The number of alkyl halides is 2. The Labute approximate surface area is 159 Å². The van der Waals surface area contributed by atoms with E-state index >= 15 is 0 Å². The second kappa shape index (κ2) is 7.12. The third-order valence-corrected chi connectivity index (χ3v) is 4.51. The van der Waals surface area contributed by atoms with Crippen LogP contribution in [0.15, 0.2) is 60.9 Å². The molecule has 140 valence electrons. The van der Waals surface area contributed by atoms with Crippen molar-refractivity contribution < 1.29 is 18.3 Å². The smallest absolute Gasteiger partial charge is 0.387 e. The van der Waals surface area contributed by atoms with E-state index in [4.69, 9.17) is 0 Å². The van der Waals surface area contributed by atoms with E-state index in [9.17, 15) is 18.8 Å². The fourth-order valence-electron chi connectivity index (χ4n) is 3.30. The summed E-state index contributed by atoms with van der Waals surface area (Å²) in [6, 6.07) is 14.2. The lowest BCUT2D eigenvalue weighted by atomic mass is 10.1. The molecule has 0 N–H and O–H groups in total. The SMILES string of the molecule is N#CC1CN(c2cccc(OC(F)F)c2)C(=O)N1c1cncc2ccccc12. The zero-order valence-corrected chi connectivity index (χ0v) is 14.5. The largest absolute Gasteiger partial charge is 0.435 e. The molecule has 0 aliphatic carbocycles. The molecule has 0 spiro atoms. The maximum Gasteiger partial charge on any atom is 0.387 e. The highest BCUT2D eigenvalue weighted by Gasteiger charge is 2.40. The van der Waals surface area contributed by atoms with Crippen LogP contribution in [-0.4, -0.2) is 30.2 Å². The van der Waals surface area contributed by atoms with Gasteiger partial charge < -0.3 is 4.74 Å². The molecule has 1 fully saturated rings. The predicted molar refractivity (Wildman–Crippen MR) is 99.4 cm³/mol. The van der Waals surface area contributed by atoms with E-state index < -0.39 is 18.7 Å². The lowest BCUT2D eigenvalue weighted by molar-refractivity contribution is -0.0498. The van der Waals surface area contributed by atoms with E-state index in [2.05, 4.69) is 15.8 Å². The van der Waals surface area contributed by atoms with Gasteiger partial charge in [-0.25, -0.2) is 4.79 Å². The molecule has 4 rings (SSSR count). The number of pyridine rings is 1. The number of aromatic nitrogens is 1. The van der Waals surface area contributed by atoms with Gasteiger partial charge in [0.1, 0.15) is 11.8 Å². The standard InChI is InChI=1S/C20H14F2N4O2/c21-19(22)28-16-6-3-5-14(8-16)25-12-15(9-23)26(20(25)27)18-11-24-10-13-4-1-2-7-17(13)18/h1-8,10-11,15,19H,12H2. The van der Waals surface area contributed by atoms with Crippen molar-refractivity contribution in [1.29, 1.82) is 5.26 Å². The topological polar surface area (TPSA) is 69.5 Å². The second-order valence-corrected chi connectivity index (χ2v) is 6.16. The van der Waals surface area contributed by atoms with Crippen LogP contribution < -0.4 is 14.5 Å². The number of nitrogens with zero attached hydrogens (tertiary/aromatic N) is 4. The molecule has 0 bridgehead atoms. The van der Waals surface area contributed by atoms with Crippen LogP contribution in [0.5, 0.6) is 5.75 Å². The van der Waals surface area contributed by atoms with Gasteiger partial charge in [-0.3, -0.25) is 14.8 Å². The Kier molecular flexibility index (Phi) is 4.49. The summed E-state index contributed by atoms with van der Waals surface area (Å²) in [6.45, 7) is -2.87. The third-order valence-electron chi connectivity index (χ3n) is 4.51. The van der Waals surface area contributed by atoms with Gasteiger partial charge in [0.05, 0.1) is 24.5 Å². The summed E-state index contributed by atoms with van der Waals surface area (Å²) in [4.78, 5) is 20.1. The average Bonchev–Trinajstić information content (AvgIpc) is 3.03. The molecule has 2 heterocycles. The lowest BCUT2D eigenvalue weighted by Crippen LogP contribution is -2.34. The molecule has 2 amide bonds. The molecule has 1 aromatic heterocycles. The normalized spacial score (nSPS) is 16.6. The number of carbonyl (C=O) groups is 1. The molecule has 2 aromatic carbocycles. The molecular formula is C20H14F2N4O2. The molecule has 0 radical (unpaired) electrons. The van der Waals surface area contributed by atoms with E-state index in [0.717, 1.165) is 10.8 Å². The van der Waals surface area contributed by atoms with Gasteiger partial charge >= 0.3 is 12.6 Å². The van der Waals surface area contributed by atoms with Crippen molar-refractivity contribution >= 4 is 28.2 Å². The Morgan fingerprint density at radius 2 is 2.00 bits per heavy atom. The Hall–Kier alpha value is -3.73. The Morgan fingerprint density at radius 1 is 1.18 bits per heavy atom. The van der Waals surface area contributed by atoms with Crippen molar-refractivity contribution in [1.82, 2.24) is 4.98 Å². The van der Waals surface area contributed by atoms with Crippen molar-refractivity contribution in [3.63, 3.8) is 0 Å². The van der Waals surface area contributed by atoms with Crippen LogP contribution in [0.2, 0.25) is 0 Å². The number of hydrogen-bond acceptors (Lipinski definition) is 4. The van der Waals surface area contributed by atoms with Gasteiger partial charge in [-0.1, -0.05) is 30.3 Å². The Morgan fingerprint density at radius 3 is 2.79 bits per heavy atom. The summed E-state index contributed by atoms with van der Waals surface area (Å²) < 4.78 is 29.4. The molecule has 6 nitrogen and oxygen atoms in total. The first-order valence-electron chi connectivity index (χ1n) is 8.46. The zero-order valence-electron chi connectivity index (χ0n) is 14.5. The molecule has 1 saturated heterocycles. The van der Waals surface area contributed by atoms with E-state index in [1.807, 2.05) is 24.3 Å². The van der Waals surface area contributed by atoms with Crippen LogP contribution in [0.25, 0.3) is 10.8 Å². The number of fused-ring (bicyclic) bond motifs is 1. The molecule has 3 aromatic rings. The maximum absolute atomic E-state index is 13.1. The lowest BCUT2D eigenvalue weighted by Gasteiger charge is -2.21. The fourth-order valence-corrected chi connectivity index (χ4v) is 3.30. The van der Waals surface area contributed by atoms with Crippen molar-refractivity contribution in [2.24, 2.45) is 0 Å². The number of urea groups is 1. The van der Waals surface area contributed by atoms with Gasteiger partial charge in [0.15, 0.2) is 0 Å². The van der Waals surface area contributed by atoms with Gasteiger partial charge in [0.2, 0.25) is 0 Å². The number of benzene rings is 2. The Balaban J connectivity index is 1.73. The van der Waals surface area contributed by atoms with E-state index in [1.165, 1.54) is 28.0 Å². The minimum atomic E-state index is -2.96. The monoisotopic (exact) mass is 380 g/mol. The number of amides is 2. The highest BCUT2D eigenvalue weighted by atomic mass is 19.3. The number of anilines is 2. The number of ether oxygens (including phenoxy) is 1. The van der Waals surface area contributed by atoms with Crippen LogP contribution in [0.3, 0.4) is 0 Å². The third kappa shape index (κ3) is 3.07. The molecule has 1 atom stereocenters. The van der Waals surface area contributed by atoms with Gasteiger partial charge in [0.25, 0.3) is 0 Å². The summed E-state index contributed by atoms with van der Waals surface area (Å²) >= 11 is 0. The van der Waals surface area contributed by atoms with Crippen LogP contribution in [0, 0.1) is 11.3 Å². The number of carbonyl (C=O) groups excluding carboxylic acids is 1. The van der Waals surface area contributed by atoms with Crippen LogP contribution in [0.1, 0.15) is 0 Å². The quantitative estimate of drug-likeness (QED) is 0.681. The molecule has 0 saturated carbocycles. The van der Waals surface area contributed by atoms with Gasteiger partial charge in [-0.05, 0) is 12.1 Å². The first-order chi connectivity index (χ1) is 13.6. The predicted octanol–water partition coefficient (Wildman–Crippen LogP) is 4.17. The zero-order chi connectivity index (χ0) is 19.7. The van der Waals surface area contributed by atoms with Crippen molar-refractivity contribution in [2.45, 2.75) is 12.7 Å². The van der Waals surface area contributed by atoms with Crippen molar-refractivity contribution in [2.75, 3.05) is 16.3 Å². The maximum atomic E-state index is 13.1. The van der Waals surface area contributed by atoms with Crippen molar-refractivity contribution in [3.8, 4) is 11.8 Å². The molecule has 28 heavy (non-hydrogen) atoms. The minimum absolute atomic E-state index is 0.0564. The summed E-state index contributed by atoms with van der Waals surface area (Å²) in [5.74, 6) is -0.0564. The number of nitriles is 1. The molecule has 1 aliphatic heterocycles. The summed E-state index contributed by atoms with van der Waals surface area (Å²) in [5, 5.41) is 11.2. The van der Waals surface area contributed by atoms with Gasteiger partial charge in [0, 0.05) is 28.7 Å². The summed E-state index contributed by atoms with van der Waals surface area (Å²) in [7, 11) is 0. The number of rotatable bonds is 4. The van der Waals surface area contributed by atoms with Gasteiger partial charge in [-0.15, -0.1) is 0 Å². The minimum Gasteiger partial charge on any atom is -0.435 e. The average molecular weight is 380 g/mol. The highest BCUT2D eigenvalue weighted by molar-refractivity contribution is 6.11. The van der Waals surface area contributed by atoms with E-state index in [0.29, 0.717) is 11.4 Å². The highest BCUT2D eigenvalue weighted by Crippen LogP contribution is 2.34. The first-order valence-corrected chi connectivity index (χ1v) is 8.46. The number of hydrogen-bond donors (Lipinski definition) is 0. The van der Waals surface area contributed by atoms with Crippen molar-refractivity contribution in [3.05, 3.63) is 60.9 Å². The molecule has 1 unspecified atom stereocenters. The van der Waals surface area contributed by atoms with E-state index in [-0.39, 0.29) is 12.3 Å². The Bertz CT molecular complexity index is 1080. The molecule has 1 aliphatic rings.